The van der Waals surface area contributed by atoms with Gasteiger partial charge in [-0.3, -0.25) is 4.90 Å². The van der Waals surface area contributed by atoms with E-state index in [4.69, 9.17) is 0 Å². The molecule has 4 rings (SSSR count). The number of carbonyl (C=O) groups is 1. The fourth-order valence-corrected chi connectivity index (χ4v) is 4.61. The predicted octanol–water partition coefficient (Wildman–Crippen LogP) is 2.42. The summed E-state index contributed by atoms with van der Waals surface area (Å²) in [5.74, 6) is 0. The Bertz CT molecular complexity index is 634. The lowest BCUT2D eigenvalue weighted by molar-refractivity contribution is 0.113. The van der Waals surface area contributed by atoms with Gasteiger partial charge in [-0.05, 0) is 62.8 Å². The Labute approximate surface area is 162 Å². The van der Waals surface area contributed by atoms with Crippen LogP contribution in [0, 0.1) is 0 Å². The molecule has 3 aliphatic rings. The Kier molecular flexibility index (Phi) is 5.55. The van der Waals surface area contributed by atoms with E-state index in [1.165, 1.54) is 5.69 Å². The summed E-state index contributed by atoms with van der Waals surface area (Å²) >= 11 is 0. The zero-order valence-electron chi connectivity index (χ0n) is 16.3. The highest BCUT2D eigenvalue weighted by Crippen LogP contribution is 2.26. The van der Waals surface area contributed by atoms with E-state index in [-0.39, 0.29) is 12.1 Å². The Balaban J connectivity index is 1.27. The van der Waals surface area contributed by atoms with E-state index in [9.17, 15) is 9.90 Å². The molecule has 2 saturated heterocycles. The molecule has 0 atom stereocenters. The molecule has 2 heterocycles. The van der Waals surface area contributed by atoms with Gasteiger partial charge < -0.3 is 20.2 Å². The third-order valence-corrected chi connectivity index (χ3v) is 6.41. The van der Waals surface area contributed by atoms with Gasteiger partial charge in [-0.15, -0.1) is 0 Å². The summed E-state index contributed by atoms with van der Waals surface area (Å²) in [6, 6.07) is 9.71. The summed E-state index contributed by atoms with van der Waals surface area (Å²) in [6.45, 7) is 3.69. The van der Waals surface area contributed by atoms with E-state index >= 15 is 0 Å². The highest BCUT2D eigenvalue weighted by molar-refractivity contribution is 5.94. The van der Waals surface area contributed by atoms with Crippen LogP contribution in [-0.2, 0) is 0 Å². The number of nitrogens with zero attached hydrogens (tertiary/aromatic N) is 3. The smallest absolute Gasteiger partial charge is 0.324 e. The lowest BCUT2D eigenvalue weighted by atomic mass is 9.91. The number of hydrogen-bond donors (Lipinski definition) is 2. The van der Waals surface area contributed by atoms with Crippen LogP contribution in [-0.4, -0.2) is 67.5 Å². The molecule has 2 amide bonds. The standard InChI is InChI=1S/C21H32N4O2/c1-23-14-15-25(21(23)27)19-6-4-18(5-7-19)24-12-10-17(11-13-24)22-16-2-8-20(26)9-3-16/h4-7,16-17,20,22,26H,2-3,8-15H2,1H3. The number of likely N-dealkylation sites (N-methyl/N-ethyl adjacent to an activating group) is 1. The maximum absolute atomic E-state index is 12.1. The molecule has 2 aliphatic heterocycles. The summed E-state index contributed by atoms with van der Waals surface area (Å²) in [5.41, 5.74) is 2.24. The predicted molar refractivity (Wildman–Crippen MR) is 108 cm³/mol. The van der Waals surface area contributed by atoms with Crippen molar-refractivity contribution in [3.05, 3.63) is 24.3 Å². The number of piperidine rings is 1. The third-order valence-electron chi connectivity index (χ3n) is 6.41. The van der Waals surface area contributed by atoms with Crippen LogP contribution >= 0.6 is 0 Å². The maximum atomic E-state index is 12.1. The quantitative estimate of drug-likeness (QED) is 0.852. The molecule has 1 aromatic carbocycles. The minimum atomic E-state index is -0.0795. The van der Waals surface area contributed by atoms with Crippen LogP contribution < -0.4 is 15.1 Å². The third kappa shape index (κ3) is 4.22. The molecular formula is C21H32N4O2. The SMILES string of the molecule is CN1CCN(c2ccc(N3CCC(NC4CCC(O)CC4)CC3)cc2)C1=O. The van der Waals surface area contributed by atoms with E-state index in [0.717, 1.165) is 70.4 Å². The van der Waals surface area contributed by atoms with Crippen molar-refractivity contribution in [1.29, 1.82) is 0 Å². The van der Waals surface area contributed by atoms with Crippen molar-refractivity contribution in [3.8, 4) is 0 Å². The first-order valence-corrected chi connectivity index (χ1v) is 10.4. The van der Waals surface area contributed by atoms with Gasteiger partial charge in [0.15, 0.2) is 0 Å². The van der Waals surface area contributed by atoms with E-state index in [1.807, 2.05) is 11.9 Å². The largest absolute Gasteiger partial charge is 0.393 e. The first-order chi connectivity index (χ1) is 13.1. The van der Waals surface area contributed by atoms with Gasteiger partial charge in [-0.25, -0.2) is 4.79 Å². The van der Waals surface area contributed by atoms with Crippen LogP contribution in [0.1, 0.15) is 38.5 Å². The molecule has 6 heteroatoms. The van der Waals surface area contributed by atoms with Gasteiger partial charge in [0.1, 0.15) is 0 Å². The monoisotopic (exact) mass is 372 g/mol. The average molecular weight is 373 g/mol. The number of hydrogen-bond acceptors (Lipinski definition) is 4. The fraction of sp³-hybridized carbons (Fsp3) is 0.667. The van der Waals surface area contributed by atoms with Crippen molar-refractivity contribution in [2.45, 2.75) is 56.7 Å². The Morgan fingerprint density at radius 2 is 1.44 bits per heavy atom. The lowest BCUT2D eigenvalue weighted by Crippen LogP contribution is -2.47. The number of nitrogens with one attached hydrogen (secondary N) is 1. The topological polar surface area (TPSA) is 59.1 Å². The molecule has 0 aromatic heterocycles. The molecule has 6 nitrogen and oxygen atoms in total. The molecule has 2 N–H and O–H groups in total. The second-order valence-electron chi connectivity index (χ2n) is 8.31. The summed E-state index contributed by atoms with van der Waals surface area (Å²) in [5, 5.41) is 13.5. The van der Waals surface area contributed by atoms with Crippen LogP contribution in [0.25, 0.3) is 0 Å². The molecule has 1 saturated carbocycles. The first kappa shape index (κ1) is 18.6. The molecule has 0 bridgehead atoms. The lowest BCUT2D eigenvalue weighted by Gasteiger charge is -2.37. The van der Waals surface area contributed by atoms with Crippen molar-refractivity contribution >= 4 is 17.4 Å². The van der Waals surface area contributed by atoms with Crippen molar-refractivity contribution in [2.24, 2.45) is 0 Å². The van der Waals surface area contributed by atoms with Gasteiger partial charge in [0.2, 0.25) is 0 Å². The second kappa shape index (κ2) is 8.07. The van der Waals surface area contributed by atoms with Gasteiger partial charge in [0.05, 0.1) is 6.10 Å². The van der Waals surface area contributed by atoms with Crippen LogP contribution in [0.5, 0.6) is 0 Å². The highest BCUT2D eigenvalue weighted by Gasteiger charge is 2.27. The number of urea groups is 1. The van der Waals surface area contributed by atoms with E-state index in [2.05, 4.69) is 34.5 Å². The number of rotatable bonds is 4. The van der Waals surface area contributed by atoms with Crippen LogP contribution in [0.2, 0.25) is 0 Å². The number of amides is 2. The van der Waals surface area contributed by atoms with Gasteiger partial charge >= 0.3 is 6.03 Å². The van der Waals surface area contributed by atoms with Crippen LogP contribution in [0.15, 0.2) is 24.3 Å². The molecule has 27 heavy (non-hydrogen) atoms. The van der Waals surface area contributed by atoms with Crippen molar-refractivity contribution < 1.29 is 9.90 Å². The summed E-state index contributed by atoms with van der Waals surface area (Å²) < 4.78 is 0. The summed E-state index contributed by atoms with van der Waals surface area (Å²) in [7, 11) is 1.85. The van der Waals surface area contributed by atoms with Gasteiger partial charge in [-0.1, -0.05) is 0 Å². The minimum absolute atomic E-state index is 0.0795. The molecule has 1 aromatic rings. The molecule has 3 fully saturated rings. The van der Waals surface area contributed by atoms with Crippen molar-refractivity contribution in [1.82, 2.24) is 10.2 Å². The summed E-state index contributed by atoms with van der Waals surface area (Å²) in [6.07, 6.45) is 6.34. The summed E-state index contributed by atoms with van der Waals surface area (Å²) in [4.78, 5) is 18.2. The van der Waals surface area contributed by atoms with Crippen LogP contribution in [0.3, 0.4) is 0 Å². The van der Waals surface area contributed by atoms with Crippen molar-refractivity contribution in [3.63, 3.8) is 0 Å². The normalized spacial score (nSPS) is 27.5. The molecule has 0 radical (unpaired) electrons. The molecular weight excluding hydrogens is 340 g/mol. The zero-order chi connectivity index (χ0) is 18.8. The highest BCUT2D eigenvalue weighted by atomic mass is 16.3. The number of aliphatic hydroxyl groups excluding tert-OH is 1. The van der Waals surface area contributed by atoms with E-state index in [0.29, 0.717) is 12.1 Å². The van der Waals surface area contributed by atoms with Crippen LogP contribution in [0.4, 0.5) is 16.2 Å². The Morgan fingerprint density at radius 1 is 0.852 bits per heavy atom. The molecule has 0 unspecified atom stereocenters. The minimum Gasteiger partial charge on any atom is -0.393 e. The number of benzene rings is 1. The Hall–Kier alpha value is -1.79. The first-order valence-electron chi connectivity index (χ1n) is 10.4. The van der Waals surface area contributed by atoms with Gasteiger partial charge in [0.25, 0.3) is 0 Å². The van der Waals surface area contributed by atoms with Gasteiger partial charge in [-0.2, -0.15) is 0 Å². The number of aliphatic hydroxyl groups is 1. The fourth-order valence-electron chi connectivity index (χ4n) is 4.61. The maximum Gasteiger partial charge on any atom is 0.324 e. The second-order valence-corrected chi connectivity index (χ2v) is 8.31. The van der Waals surface area contributed by atoms with Crippen molar-refractivity contribution in [2.75, 3.05) is 43.0 Å². The number of anilines is 2. The number of carbonyl (C=O) groups excluding carboxylic acids is 1. The molecule has 148 valence electrons. The molecule has 0 spiro atoms. The van der Waals surface area contributed by atoms with E-state index < -0.39 is 0 Å². The van der Waals surface area contributed by atoms with E-state index in [1.54, 1.807) is 4.90 Å². The zero-order valence-corrected chi connectivity index (χ0v) is 16.3. The average Bonchev–Trinajstić information content (AvgIpc) is 3.03. The Morgan fingerprint density at radius 3 is 2.04 bits per heavy atom. The molecule has 1 aliphatic carbocycles. The van der Waals surface area contributed by atoms with Gasteiger partial charge in [0, 0.05) is 56.7 Å².